The molecule has 3 aromatic rings. The number of nitriles is 2. The molecule has 0 heterocycles. The SMILES string of the molecule is N#Cc1ccc(NC(=O)c2cc(NC(=O)C3C(c4cc(Cl)cc(Cl)c4)C3(Cl)Cl)ccc2Cl)c(C#N)c1. The zero-order valence-electron chi connectivity index (χ0n) is 18.0. The lowest BCUT2D eigenvalue weighted by atomic mass is 10.1. The summed E-state index contributed by atoms with van der Waals surface area (Å²) in [6, 6.07) is 17.4. The molecular weight excluding hydrogens is 566 g/mol. The summed E-state index contributed by atoms with van der Waals surface area (Å²) >= 11 is 31.2. The first kappa shape index (κ1) is 26.1. The lowest BCUT2D eigenvalue weighted by Gasteiger charge is -2.11. The first-order valence-corrected chi connectivity index (χ1v) is 12.1. The minimum atomic E-state index is -1.37. The van der Waals surface area contributed by atoms with Gasteiger partial charge in [0.25, 0.3) is 5.91 Å². The van der Waals surface area contributed by atoms with Crippen molar-refractivity contribution in [1.82, 2.24) is 0 Å². The normalized spacial score (nSPS) is 17.4. The number of anilines is 2. The minimum Gasteiger partial charge on any atom is -0.326 e. The Labute approximate surface area is 231 Å². The van der Waals surface area contributed by atoms with Gasteiger partial charge in [0.05, 0.1) is 39.4 Å². The summed E-state index contributed by atoms with van der Waals surface area (Å²) < 4.78 is -1.37. The van der Waals surface area contributed by atoms with Crippen LogP contribution < -0.4 is 10.6 Å². The quantitative estimate of drug-likeness (QED) is 0.313. The van der Waals surface area contributed by atoms with Crippen LogP contribution in [-0.2, 0) is 4.79 Å². The molecule has 0 bridgehead atoms. The molecule has 0 aromatic heterocycles. The van der Waals surface area contributed by atoms with Gasteiger partial charge in [-0.2, -0.15) is 10.5 Å². The minimum absolute atomic E-state index is 0.0553. The van der Waals surface area contributed by atoms with E-state index in [2.05, 4.69) is 10.6 Å². The predicted molar refractivity (Wildman–Crippen MR) is 141 cm³/mol. The van der Waals surface area contributed by atoms with E-state index in [9.17, 15) is 14.9 Å². The van der Waals surface area contributed by atoms with Crippen molar-refractivity contribution in [1.29, 1.82) is 10.5 Å². The third-order valence-electron chi connectivity index (χ3n) is 5.58. The highest BCUT2D eigenvalue weighted by atomic mass is 35.5. The lowest BCUT2D eigenvalue weighted by Crippen LogP contribution is -2.18. The number of benzene rings is 3. The Kier molecular flexibility index (Phi) is 7.38. The molecule has 2 N–H and O–H groups in total. The Bertz CT molecular complexity index is 1470. The molecule has 2 amide bonds. The molecule has 11 heteroatoms. The Morgan fingerprint density at radius 1 is 0.861 bits per heavy atom. The van der Waals surface area contributed by atoms with Gasteiger partial charge in [-0.05, 0) is 60.2 Å². The maximum atomic E-state index is 13.0. The standard InChI is InChI=1S/C25H13Cl5N4O2/c26-15-6-13(7-16(27)8-15)21-22(25(21,29)30)24(36)33-17-2-3-19(28)18(9-17)23(35)34-20-4-1-12(10-31)5-14(20)11-32/h1-9,21-22H,(H,33,36)(H,34,35). The highest BCUT2D eigenvalue weighted by Crippen LogP contribution is 2.65. The van der Waals surface area contributed by atoms with E-state index in [-0.39, 0.29) is 33.1 Å². The third-order valence-corrected chi connectivity index (χ3v) is 7.28. The van der Waals surface area contributed by atoms with E-state index in [1.165, 1.54) is 36.4 Å². The summed E-state index contributed by atoms with van der Waals surface area (Å²) in [5, 5.41) is 24.6. The molecule has 0 spiro atoms. The van der Waals surface area contributed by atoms with Gasteiger partial charge in [0.1, 0.15) is 10.4 Å². The summed E-state index contributed by atoms with van der Waals surface area (Å²) in [7, 11) is 0. The molecule has 2 unspecified atom stereocenters. The number of amides is 2. The largest absolute Gasteiger partial charge is 0.326 e. The van der Waals surface area contributed by atoms with E-state index >= 15 is 0 Å². The van der Waals surface area contributed by atoms with Gasteiger partial charge in [-0.3, -0.25) is 9.59 Å². The van der Waals surface area contributed by atoms with Gasteiger partial charge >= 0.3 is 0 Å². The molecule has 0 aliphatic heterocycles. The van der Waals surface area contributed by atoms with Crippen LogP contribution in [0.2, 0.25) is 15.1 Å². The monoisotopic (exact) mass is 576 g/mol. The zero-order chi connectivity index (χ0) is 26.2. The molecule has 4 rings (SSSR count). The third kappa shape index (κ3) is 5.25. The molecule has 0 saturated heterocycles. The summed E-state index contributed by atoms with van der Waals surface area (Å²) in [6.07, 6.45) is 0. The molecule has 180 valence electrons. The van der Waals surface area contributed by atoms with Gasteiger partial charge in [-0.25, -0.2) is 0 Å². The number of halogens is 5. The van der Waals surface area contributed by atoms with Crippen molar-refractivity contribution in [2.24, 2.45) is 5.92 Å². The summed E-state index contributed by atoms with van der Waals surface area (Å²) in [5.74, 6) is -2.40. The molecule has 1 aliphatic rings. The molecule has 3 aromatic carbocycles. The second-order valence-electron chi connectivity index (χ2n) is 7.95. The maximum Gasteiger partial charge on any atom is 0.257 e. The van der Waals surface area contributed by atoms with Crippen molar-refractivity contribution in [2.75, 3.05) is 10.6 Å². The number of hydrogen-bond acceptors (Lipinski definition) is 4. The number of carbonyl (C=O) groups is 2. The number of alkyl halides is 2. The van der Waals surface area contributed by atoms with Crippen molar-refractivity contribution in [3.05, 3.63) is 91.9 Å². The molecule has 1 aliphatic carbocycles. The van der Waals surface area contributed by atoms with Crippen molar-refractivity contribution in [2.45, 2.75) is 10.3 Å². The van der Waals surface area contributed by atoms with Gasteiger partial charge in [0.2, 0.25) is 5.91 Å². The first-order valence-electron chi connectivity index (χ1n) is 10.2. The van der Waals surface area contributed by atoms with Crippen LogP contribution in [-0.4, -0.2) is 16.1 Å². The Hall–Kier alpha value is -2.97. The van der Waals surface area contributed by atoms with Gasteiger partial charge in [-0.15, -0.1) is 23.2 Å². The Morgan fingerprint density at radius 2 is 1.56 bits per heavy atom. The zero-order valence-corrected chi connectivity index (χ0v) is 21.7. The van der Waals surface area contributed by atoms with Gasteiger partial charge in [0, 0.05) is 21.7 Å². The van der Waals surface area contributed by atoms with Crippen molar-refractivity contribution in [3.63, 3.8) is 0 Å². The highest BCUT2D eigenvalue weighted by Gasteiger charge is 2.67. The molecule has 2 atom stereocenters. The molecular formula is C25H13Cl5N4O2. The van der Waals surface area contributed by atoms with Crippen LogP contribution in [0.3, 0.4) is 0 Å². The number of nitrogens with zero attached hydrogens (tertiary/aromatic N) is 2. The molecule has 1 saturated carbocycles. The highest BCUT2D eigenvalue weighted by molar-refractivity contribution is 6.53. The molecule has 6 nitrogen and oxygen atoms in total. The average molecular weight is 579 g/mol. The summed E-state index contributed by atoms with van der Waals surface area (Å²) in [6.45, 7) is 0. The Balaban J connectivity index is 1.53. The number of carbonyl (C=O) groups excluding carboxylic acids is 2. The fourth-order valence-electron chi connectivity index (χ4n) is 3.82. The van der Waals surface area contributed by atoms with E-state index in [0.717, 1.165) is 0 Å². The van der Waals surface area contributed by atoms with Crippen LogP contribution >= 0.6 is 58.0 Å². The second-order valence-corrected chi connectivity index (χ2v) is 10.7. The van der Waals surface area contributed by atoms with Crippen LogP contribution in [0, 0.1) is 28.6 Å². The van der Waals surface area contributed by atoms with E-state index < -0.39 is 28.0 Å². The fourth-order valence-corrected chi connectivity index (χ4v) is 5.40. The molecule has 1 fully saturated rings. The van der Waals surface area contributed by atoms with Crippen LogP contribution in [0.1, 0.15) is 33.0 Å². The van der Waals surface area contributed by atoms with Crippen molar-refractivity contribution >= 4 is 81.2 Å². The smallest absolute Gasteiger partial charge is 0.257 e. The van der Waals surface area contributed by atoms with E-state index in [1.54, 1.807) is 18.2 Å². The lowest BCUT2D eigenvalue weighted by molar-refractivity contribution is -0.117. The number of hydrogen-bond donors (Lipinski definition) is 2. The summed E-state index contributed by atoms with van der Waals surface area (Å²) in [4.78, 5) is 25.9. The average Bonchev–Trinajstić information content (AvgIpc) is 3.41. The van der Waals surface area contributed by atoms with E-state index in [0.29, 0.717) is 15.6 Å². The number of rotatable bonds is 5. The first-order chi connectivity index (χ1) is 17.0. The summed E-state index contributed by atoms with van der Waals surface area (Å²) in [5.41, 5.74) is 1.57. The Morgan fingerprint density at radius 3 is 2.19 bits per heavy atom. The van der Waals surface area contributed by atoms with Crippen LogP contribution in [0.25, 0.3) is 0 Å². The topological polar surface area (TPSA) is 106 Å². The van der Waals surface area contributed by atoms with E-state index in [1.807, 2.05) is 12.1 Å². The number of nitrogens with one attached hydrogen (secondary N) is 2. The van der Waals surface area contributed by atoms with Gasteiger partial charge < -0.3 is 10.6 Å². The van der Waals surface area contributed by atoms with Gasteiger partial charge in [0.15, 0.2) is 0 Å². The van der Waals surface area contributed by atoms with Crippen LogP contribution in [0.4, 0.5) is 11.4 Å². The van der Waals surface area contributed by atoms with Crippen LogP contribution in [0.5, 0.6) is 0 Å². The van der Waals surface area contributed by atoms with E-state index in [4.69, 9.17) is 63.3 Å². The van der Waals surface area contributed by atoms with Crippen molar-refractivity contribution < 1.29 is 9.59 Å². The predicted octanol–water partition coefficient (Wildman–Crippen LogP) is 7.17. The molecule has 36 heavy (non-hydrogen) atoms. The second kappa shape index (κ2) is 10.2. The fraction of sp³-hybridized carbons (Fsp3) is 0.120. The van der Waals surface area contributed by atoms with Gasteiger partial charge in [-0.1, -0.05) is 34.8 Å². The van der Waals surface area contributed by atoms with Crippen molar-refractivity contribution in [3.8, 4) is 12.1 Å². The maximum absolute atomic E-state index is 13.0. The molecule has 0 radical (unpaired) electrons. The van der Waals surface area contributed by atoms with Crippen LogP contribution in [0.15, 0.2) is 54.6 Å².